The van der Waals surface area contributed by atoms with Gasteiger partial charge in [0.1, 0.15) is 0 Å². The van der Waals surface area contributed by atoms with E-state index in [1.54, 1.807) is 18.2 Å². The molecule has 0 radical (unpaired) electrons. The summed E-state index contributed by atoms with van der Waals surface area (Å²) in [6, 6.07) is 4.91. The van der Waals surface area contributed by atoms with Gasteiger partial charge >= 0.3 is 5.97 Å². The van der Waals surface area contributed by atoms with Crippen LogP contribution in [0.3, 0.4) is 0 Å². The van der Waals surface area contributed by atoms with Crippen LogP contribution in [0.25, 0.3) is 0 Å². The molecule has 1 fully saturated rings. The zero-order valence-corrected chi connectivity index (χ0v) is 9.43. The standard InChI is InChI=1S/C10H8Cl2O3/c1-14-9(13)10(5-15-10)7-3-2-6(11)4-8(7)12/h2-4H,5H2,1H3. The molecule has 0 N–H and O–H groups in total. The third kappa shape index (κ3) is 1.71. The number of carbonyl (C=O) groups excluding carboxylic acids is 1. The Labute approximate surface area is 96.9 Å². The summed E-state index contributed by atoms with van der Waals surface area (Å²) in [6.45, 7) is 0.293. The van der Waals surface area contributed by atoms with Gasteiger partial charge in [-0.2, -0.15) is 0 Å². The molecule has 1 unspecified atom stereocenters. The van der Waals surface area contributed by atoms with Gasteiger partial charge in [-0.3, -0.25) is 0 Å². The molecule has 3 nitrogen and oxygen atoms in total. The molecule has 1 aromatic rings. The highest BCUT2D eigenvalue weighted by Crippen LogP contribution is 2.43. The van der Waals surface area contributed by atoms with Crippen molar-refractivity contribution in [3.05, 3.63) is 33.8 Å². The average Bonchev–Trinajstić information content (AvgIpc) is 2.97. The Morgan fingerprint density at radius 1 is 1.53 bits per heavy atom. The number of esters is 1. The van der Waals surface area contributed by atoms with E-state index in [-0.39, 0.29) is 0 Å². The molecule has 0 aromatic heterocycles. The molecular weight excluding hydrogens is 239 g/mol. The van der Waals surface area contributed by atoms with E-state index in [2.05, 4.69) is 4.74 Å². The van der Waals surface area contributed by atoms with E-state index in [0.29, 0.717) is 22.2 Å². The van der Waals surface area contributed by atoms with Gasteiger partial charge in [-0.25, -0.2) is 4.79 Å². The van der Waals surface area contributed by atoms with Crippen molar-refractivity contribution in [2.75, 3.05) is 13.7 Å². The van der Waals surface area contributed by atoms with Crippen LogP contribution in [0.1, 0.15) is 5.56 Å². The number of methoxy groups -OCH3 is 1. The third-order valence-electron chi connectivity index (χ3n) is 2.31. The van der Waals surface area contributed by atoms with E-state index in [0.717, 1.165) is 0 Å². The molecule has 80 valence electrons. The Hall–Kier alpha value is -0.770. The molecule has 0 saturated carbocycles. The maximum absolute atomic E-state index is 11.5. The maximum Gasteiger partial charge on any atom is 0.345 e. The Balaban J connectivity index is 2.42. The average molecular weight is 247 g/mol. The van der Waals surface area contributed by atoms with Crippen LogP contribution < -0.4 is 0 Å². The van der Waals surface area contributed by atoms with Crippen LogP contribution in [-0.4, -0.2) is 19.7 Å². The van der Waals surface area contributed by atoms with E-state index in [1.807, 2.05) is 0 Å². The van der Waals surface area contributed by atoms with Crippen LogP contribution >= 0.6 is 23.2 Å². The van der Waals surface area contributed by atoms with Crippen LogP contribution in [0.4, 0.5) is 0 Å². The summed E-state index contributed by atoms with van der Waals surface area (Å²) >= 11 is 11.7. The maximum atomic E-state index is 11.5. The second-order valence-corrected chi connectivity index (χ2v) is 4.08. The summed E-state index contributed by atoms with van der Waals surface area (Å²) in [5.74, 6) is -0.438. The highest BCUT2D eigenvalue weighted by atomic mass is 35.5. The summed E-state index contributed by atoms with van der Waals surface area (Å²) < 4.78 is 9.82. The summed E-state index contributed by atoms with van der Waals surface area (Å²) in [5, 5.41) is 0.926. The monoisotopic (exact) mass is 246 g/mol. The molecule has 2 rings (SSSR count). The molecule has 1 aliphatic heterocycles. The van der Waals surface area contributed by atoms with Crippen molar-refractivity contribution in [1.29, 1.82) is 0 Å². The number of carbonyl (C=O) groups is 1. The van der Waals surface area contributed by atoms with Crippen LogP contribution in [-0.2, 0) is 19.9 Å². The normalized spacial score (nSPS) is 23.7. The zero-order valence-electron chi connectivity index (χ0n) is 7.92. The first kappa shape index (κ1) is 10.7. The second kappa shape index (κ2) is 3.67. The van der Waals surface area contributed by atoms with Crippen molar-refractivity contribution in [2.24, 2.45) is 0 Å². The lowest BCUT2D eigenvalue weighted by Crippen LogP contribution is -2.23. The fraction of sp³-hybridized carbons (Fsp3) is 0.300. The highest BCUT2D eigenvalue weighted by molar-refractivity contribution is 6.35. The summed E-state index contributed by atoms with van der Waals surface area (Å²) in [5.41, 5.74) is -0.420. The number of halogens is 2. The molecule has 1 heterocycles. The minimum atomic E-state index is -1.02. The fourth-order valence-corrected chi connectivity index (χ4v) is 2.00. The lowest BCUT2D eigenvalue weighted by atomic mass is 10.0. The fourth-order valence-electron chi connectivity index (χ4n) is 1.44. The summed E-state index contributed by atoms with van der Waals surface area (Å²) in [4.78, 5) is 11.5. The van der Waals surface area contributed by atoms with Crippen molar-refractivity contribution >= 4 is 29.2 Å². The first-order valence-corrected chi connectivity index (χ1v) is 5.03. The van der Waals surface area contributed by atoms with Gasteiger partial charge in [-0.05, 0) is 12.1 Å². The van der Waals surface area contributed by atoms with Gasteiger partial charge in [-0.1, -0.05) is 29.3 Å². The predicted octanol–water partition coefficient (Wildman–Crippen LogP) is 2.39. The van der Waals surface area contributed by atoms with Crippen molar-refractivity contribution in [1.82, 2.24) is 0 Å². The van der Waals surface area contributed by atoms with Crippen LogP contribution in [0.2, 0.25) is 10.0 Å². The lowest BCUT2D eigenvalue weighted by Gasteiger charge is -2.11. The summed E-state index contributed by atoms with van der Waals surface area (Å²) in [7, 11) is 1.32. The van der Waals surface area contributed by atoms with E-state index in [4.69, 9.17) is 27.9 Å². The van der Waals surface area contributed by atoms with Crippen molar-refractivity contribution in [3.63, 3.8) is 0 Å². The molecule has 0 amide bonds. The van der Waals surface area contributed by atoms with Gasteiger partial charge in [0.05, 0.1) is 13.7 Å². The molecule has 1 atom stereocenters. The first-order valence-electron chi connectivity index (χ1n) is 4.28. The minimum absolute atomic E-state index is 0.293. The Morgan fingerprint density at radius 2 is 2.20 bits per heavy atom. The quantitative estimate of drug-likeness (QED) is 0.595. The Morgan fingerprint density at radius 3 is 2.67 bits per heavy atom. The van der Waals surface area contributed by atoms with Gasteiger partial charge < -0.3 is 9.47 Å². The molecule has 5 heteroatoms. The SMILES string of the molecule is COC(=O)C1(c2ccc(Cl)cc2Cl)CO1. The van der Waals surface area contributed by atoms with Gasteiger partial charge in [0.15, 0.2) is 0 Å². The largest absolute Gasteiger partial charge is 0.467 e. The smallest absolute Gasteiger partial charge is 0.345 e. The van der Waals surface area contributed by atoms with Crippen molar-refractivity contribution < 1.29 is 14.3 Å². The second-order valence-electron chi connectivity index (χ2n) is 3.23. The van der Waals surface area contributed by atoms with Crippen molar-refractivity contribution in [3.8, 4) is 0 Å². The van der Waals surface area contributed by atoms with Crippen LogP contribution in [0.15, 0.2) is 18.2 Å². The van der Waals surface area contributed by atoms with E-state index < -0.39 is 11.6 Å². The highest BCUT2D eigenvalue weighted by Gasteiger charge is 2.56. The van der Waals surface area contributed by atoms with Crippen LogP contribution in [0, 0.1) is 0 Å². The first-order chi connectivity index (χ1) is 7.10. The van der Waals surface area contributed by atoms with Gasteiger partial charge in [-0.15, -0.1) is 0 Å². The number of ether oxygens (including phenoxy) is 2. The Kier molecular flexibility index (Phi) is 2.63. The topological polar surface area (TPSA) is 38.8 Å². The molecular formula is C10H8Cl2O3. The van der Waals surface area contributed by atoms with Crippen LogP contribution in [0.5, 0.6) is 0 Å². The van der Waals surface area contributed by atoms with Gasteiger partial charge in [0.25, 0.3) is 0 Å². The number of hydrogen-bond donors (Lipinski definition) is 0. The molecule has 0 spiro atoms. The van der Waals surface area contributed by atoms with E-state index >= 15 is 0 Å². The van der Waals surface area contributed by atoms with E-state index in [1.165, 1.54) is 7.11 Å². The molecule has 0 bridgehead atoms. The molecule has 15 heavy (non-hydrogen) atoms. The van der Waals surface area contributed by atoms with E-state index in [9.17, 15) is 4.79 Å². The number of rotatable bonds is 2. The zero-order chi connectivity index (χ0) is 11.1. The molecule has 1 saturated heterocycles. The third-order valence-corrected chi connectivity index (χ3v) is 2.86. The predicted molar refractivity (Wildman–Crippen MR) is 56.1 cm³/mol. The molecule has 1 aromatic carbocycles. The Bertz CT molecular complexity index is 413. The van der Waals surface area contributed by atoms with Crippen molar-refractivity contribution in [2.45, 2.75) is 5.60 Å². The molecule has 1 aliphatic rings. The lowest BCUT2D eigenvalue weighted by molar-refractivity contribution is -0.147. The minimum Gasteiger partial charge on any atom is -0.467 e. The summed E-state index contributed by atoms with van der Waals surface area (Å²) in [6.07, 6.45) is 0. The van der Waals surface area contributed by atoms with Gasteiger partial charge in [0, 0.05) is 15.6 Å². The molecule has 0 aliphatic carbocycles. The van der Waals surface area contributed by atoms with Gasteiger partial charge in [0.2, 0.25) is 5.60 Å². The number of hydrogen-bond acceptors (Lipinski definition) is 3. The number of epoxide rings is 1. The number of benzene rings is 1.